The van der Waals surface area contributed by atoms with E-state index in [9.17, 15) is 5.11 Å². The van der Waals surface area contributed by atoms with E-state index in [0.29, 0.717) is 24.3 Å². The summed E-state index contributed by atoms with van der Waals surface area (Å²) in [5, 5.41) is 12.7. The highest BCUT2D eigenvalue weighted by molar-refractivity contribution is 14.0. The summed E-state index contributed by atoms with van der Waals surface area (Å²) < 4.78 is 0. The Hall–Kier alpha value is -0.0400. The Morgan fingerprint density at radius 2 is 2.18 bits per heavy atom. The van der Waals surface area contributed by atoms with Gasteiger partial charge in [0.2, 0.25) is 0 Å². The maximum absolute atomic E-state index is 9.62. The van der Waals surface area contributed by atoms with Gasteiger partial charge in [0.05, 0.1) is 6.10 Å². The normalized spacial score (nSPS) is 24.8. The smallest absolute Gasteiger partial charge is 0.188 e. The lowest BCUT2D eigenvalue weighted by Crippen LogP contribution is -2.33. The van der Waals surface area contributed by atoms with E-state index >= 15 is 0 Å². The van der Waals surface area contributed by atoms with E-state index in [0.717, 1.165) is 32.2 Å². The number of halogens is 1. The molecular weight excluding hydrogens is 329 g/mol. The van der Waals surface area contributed by atoms with Crippen molar-refractivity contribution in [3.05, 3.63) is 0 Å². The summed E-state index contributed by atoms with van der Waals surface area (Å²) in [5.74, 6) is 1.50. The molecule has 1 aliphatic carbocycles. The molecule has 102 valence electrons. The molecule has 0 aromatic carbocycles. The third-order valence-electron chi connectivity index (χ3n) is 3.14. The van der Waals surface area contributed by atoms with Gasteiger partial charge < -0.3 is 16.2 Å². The Balaban J connectivity index is 0.00000256. The zero-order valence-corrected chi connectivity index (χ0v) is 13.2. The molecule has 17 heavy (non-hydrogen) atoms. The van der Waals surface area contributed by atoms with Crippen LogP contribution in [0.2, 0.25) is 0 Å². The van der Waals surface area contributed by atoms with Gasteiger partial charge >= 0.3 is 0 Å². The van der Waals surface area contributed by atoms with Crippen LogP contribution in [0.1, 0.15) is 39.5 Å². The third-order valence-corrected chi connectivity index (χ3v) is 3.14. The molecule has 0 heterocycles. The van der Waals surface area contributed by atoms with E-state index in [1.165, 1.54) is 0 Å². The van der Waals surface area contributed by atoms with Gasteiger partial charge in [-0.2, -0.15) is 0 Å². The second-order valence-electron chi connectivity index (χ2n) is 5.09. The van der Waals surface area contributed by atoms with Gasteiger partial charge in [-0.25, -0.2) is 0 Å². The van der Waals surface area contributed by atoms with E-state index in [1.54, 1.807) is 0 Å². The van der Waals surface area contributed by atoms with Crippen LogP contribution < -0.4 is 11.1 Å². The second kappa shape index (κ2) is 8.97. The van der Waals surface area contributed by atoms with Gasteiger partial charge in [0, 0.05) is 19.0 Å². The molecular formula is C12H26IN3O. The first-order valence-corrected chi connectivity index (χ1v) is 6.31. The van der Waals surface area contributed by atoms with E-state index in [2.05, 4.69) is 24.2 Å². The predicted molar refractivity (Wildman–Crippen MR) is 82.7 cm³/mol. The van der Waals surface area contributed by atoms with Gasteiger partial charge in [-0.3, -0.25) is 4.99 Å². The molecule has 0 radical (unpaired) electrons. The minimum atomic E-state index is -0.174. The number of nitrogens with zero attached hydrogens (tertiary/aromatic N) is 1. The Morgan fingerprint density at radius 3 is 2.71 bits per heavy atom. The SMILES string of the molecule is CC(C)CCNC(N)=NCC1CCCC1O.I. The van der Waals surface area contributed by atoms with Crippen LogP contribution in [0.15, 0.2) is 4.99 Å². The van der Waals surface area contributed by atoms with Crippen LogP contribution in [0.25, 0.3) is 0 Å². The van der Waals surface area contributed by atoms with Crippen LogP contribution in [0.4, 0.5) is 0 Å². The average Bonchev–Trinajstić information content (AvgIpc) is 2.60. The largest absolute Gasteiger partial charge is 0.393 e. The lowest BCUT2D eigenvalue weighted by atomic mass is 10.1. The average molecular weight is 355 g/mol. The van der Waals surface area contributed by atoms with Gasteiger partial charge in [-0.05, 0) is 25.2 Å². The number of aliphatic hydroxyl groups excluding tert-OH is 1. The Bertz CT molecular complexity index is 234. The Morgan fingerprint density at radius 1 is 1.47 bits per heavy atom. The van der Waals surface area contributed by atoms with Crippen molar-refractivity contribution in [3.8, 4) is 0 Å². The summed E-state index contributed by atoms with van der Waals surface area (Å²) in [6, 6.07) is 0. The Kier molecular flexibility index (Phi) is 8.94. The molecule has 0 aromatic rings. The van der Waals surface area contributed by atoms with Crippen LogP contribution in [0.5, 0.6) is 0 Å². The molecule has 2 unspecified atom stereocenters. The zero-order valence-electron chi connectivity index (χ0n) is 10.9. The highest BCUT2D eigenvalue weighted by Gasteiger charge is 2.24. The van der Waals surface area contributed by atoms with Crippen molar-refractivity contribution in [1.82, 2.24) is 5.32 Å². The molecule has 1 saturated carbocycles. The fourth-order valence-corrected chi connectivity index (χ4v) is 1.99. The van der Waals surface area contributed by atoms with Crippen molar-refractivity contribution in [2.24, 2.45) is 22.6 Å². The first kappa shape index (κ1) is 17.0. The number of guanidine groups is 1. The molecule has 4 N–H and O–H groups in total. The molecule has 1 aliphatic rings. The number of aliphatic imine (C=N–C) groups is 1. The molecule has 0 aliphatic heterocycles. The first-order valence-electron chi connectivity index (χ1n) is 6.31. The lowest BCUT2D eigenvalue weighted by molar-refractivity contribution is 0.136. The Labute approximate surface area is 121 Å². The zero-order chi connectivity index (χ0) is 12.0. The van der Waals surface area contributed by atoms with Crippen LogP contribution in [-0.2, 0) is 0 Å². The van der Waals surface area contributed by atoms with Crippen LogP contribution in [-0.4, -0.2) is 30.3 Å². The van der Waals surface area contributed by atoms with E-state index in [1.807, 2.05) is 0 Å². The molecule has 5 heteroatoms. The van der Waals surface area contributed by atoms with Crippen LogP contribution in [0.3, 0.4) is 0 Å². The summed E-state index contributed by atoms with van der Waals surface area (Å²) in [7, 11) is 0. The van der Waals surface area contributed by atoms with E-state index < -0.39 is 0 Å². The van der Waals surface area contributed by atoms with Crippen molar-refractivity contribution in [2.75, 3.05) is 13.1 Å². The topological polar surface area (TPSA) is 70.6 Å². The van der Waals surface area contributed by atoms with Crippen molar-refractivity contribution in [3.63, 3.8) is 0 Å². The number of rotatable bonds is 5. The molecule has 2 atom stereocenters. The van der Waals surface area contributed by atoms with Crippen molar-refractivity contribution in [2.45, 2.75) is 45.6 Å². The molecule has 0 amide bonds. The number of aliphatic hydroxyl groups is 1. The van der Waals surface area contributed by atoms with Crippen molar-refractivity contribution < 1.29 is 5.11 Å². The standard InChI is InChI=1S/C12H25N3O.HI/c1-9(2)6-7-14-12(13)15-8-10-4-3-5-11(10)16;/h9-11,16H,3-8H2,1-2H3,(H3,13,14,15);1H. The molecule has 1 rings (SSSR count). The van der Waals surface area contributed by atoms with Gasteiger partial charge in [0.1, 0.15) is 0 Å². The first-order chi connectivity index (χ1) is 7.59. The highest BCUT2D eigenvalue weighted by Crippen LogP contribution is 2.25. The molecule has 0 bridgehead atoms. The minimum Gasteiger partial charge on any atom is -0.393 e. The number of nitrogens with one attached hydrogen (secondary N) is 1. The van der Waals surface area contributed by atoms with Gasteiger partial charge in [0.15, 0.2) is 5.96 Å². The van der Waals surface area contributed by atoms with Crippen molar-refractivity contribution >= 4 is 29.9 Å². The van der Waals surface area contributed by atoms with E-state index in [4.69, 9.17) is 5.73 Å². The molecule has 4 nitrogen and oxygen atoms in total. The van der Waals surface area contributed by atoms with Gasteiger partial charge in [0.25, 0.3) is 0 Å². The maximum Gasteiger partial charge on any atom is 0.188 e. The van der Waals surface area contributed by atoms with Gasteiger partial charge in [-0.15, -0.1) is 24.0 Å². The summed E-state index contributed by atoms with van der Waals surface area (Å²) in [4.78, 5) is 4.28. The molecule has 1 fully saturated rings. The monoisotopic (exact) mass is 355 g/mol. The van der Waals surface area contributed by atoms with E-state index in [-0.39, 0.29) is 30.1 Å². The quantitative estimate of drug-likeness (QED) is 0.400. The van der Waals surface area contributed by atoms with Crippen LogP contribution >= 0.6 is 24.0 Å². The maximum atomic E-state index is 9.62. The minimum absolute atomic E-state index is 0. The summed E-state index contributed by atoms with van der Waals surface area (Å²) in [6.45, 7) is 5.90. The van der Waals surface area contributed by atoms with Crippen LogP contribution in [0, 0.1) is 11.8 Å². The summed E-state index contributed by atoms with van der Waals surface area (Å²) >= 11 is 0. The van der Waals surface area contributed by atoms with Crippen molar-refractivity contribution in [1.29, 1.82) is 0 Å². The fraction of sp³-hybridized carbons (Fsp3) is 0.917. The second-order valence-corrected chi connectivity index (χ2v) is 5.09. The fourth-order valence-electron chi connectivity index (χ4n) is 1.99. The number of hydrogen-bond acceptors (Lipinski definition) is 2. The summed E-state index contributed by atoms with van der Waals surface area (Å²) in [6.07, 6.45) is 4.03. The molecule has 0 saturated heterocycles. The number of nitrogens with two attached hydrogens (primary N) is 1. The number of hydrogen-bond donors (Lipinski definition) is 3. The van der Waals surface area contributed by atoms with Gasteiger partial charge in [-0.1, -0.05) is 20.3 Å². The summed E-state index contributed by atoms with van der Waals surface area (Å²) in [5.41, 5.74) is 5.74. The highest BCUT2D eigenvalue weighted by atomic mass is 127. The predicted octanol–water partition coefficient (Wildman–Crippen LogP) is 1.72. The molecule has 0 spiro atoms. The molecule has 0 aromatic heterocycles. The lowest BCUT2D eigenvalue weighted by Gasteiger charge is -2.12. The third kappa shape index (κ3) is 7.08.